The van der Waals surface area contributed by atoms with Crippen molar-refractivity contribution >= 4 is 11.7 Å². The maximum atomic E-state index is 13.2. The van der Waals surface area contributed by atoms with Crippen molar-refractivity contribution in [1.29, 1.82) is 0 Å². The lowest BCUT2D eigenvalue weighted by Crippen LogP contribution is -2.39. The Kier molecular flexibility index (Phi) is 5.28. The van der Waals surface area contributed by atoms with Crippen LogP contribution in [0.25, 0.3) is 0 Å². The minimum absolute atomic E-state index is 0.0307. The lowest BCUT2D eigenvalue weighted by molar-refractivity contribution is 0.192. The van der Waals surface area contributed by atoms with Crippen LogP contribution in [0.4, 0.5) is 14.9 Å². The SMILES string of the molecule is O=C(NCc1ccc(N2CCCC2)cc1)N1CCC[C@@H]1c1ccc(F)cc1. The molecule has 0 aromatic heterocycles. The summed E-state index contributed by atoms with van der Waals surface area (Å²) in [4.78, 5) is 16.9. The number of hydrogen-bond acceptors (Lipinski definition) is 2. The van der Waals surface area contributed by atoms with Gasteiger partial charge in [-0.3, -0.25) is 0 Å². The topological polar surface area (TPSA) is 35.6 Å². The lowest BCUT2D eigenvalue weighted by Gasteiger charge is -2.25. The van der Waals surface area contributed by atoms with Gasteiger partial charge in [-0.2, -0.15) is 0 Å². The molecule has 2 fully saturated rings. The first kappa shape index (κ1) is 17.8. The van der Waals surface area contributed by atoms with Gasteiger partial charge in [-0.05, 0) is 61.1 Å². The number of benzene rings is 2. The van der Waals surface area contributed by atoms with Crippen LogP contribution < -0.4 is 10.2 Å². The molecule has 0 unspecified atom stereocenters. The van der Waals surface area contributed by atoms with Crippen LogP contribution >= 0.6 is 0 Å². The summed E-state index contributed by atoms with van der Waals surface area (Å²) in [5.74, 6) is -0.245. The molecule has 0 saturated carbocycles. The molecule has 2 saturated heterocycles. The average Bonchev–Trinajstić information content (AvgIpc) is 3.39. The summed E-state index contributed by atoms with van der Waals surface area (Å²) < 4.78 is 13.2. The average molecular weight is 367 g/mol. The first-order chi connectivity index (χ1) is 13.2. The Labute approximate surface area is 160 Å². The summed E-state index contributed by atoms with van der Waals surface area (Å²) in [6.07, 6.45) is 4.43. The molecule has 2 aliphatic heterocycles. The second-order valence-electron chi connectivity index (χ2n) is 7.42. The van der Waals surface area contributed by atoms with Gasteiger partial charge in [0, 0.05) is 31.9 Å². The minimum Gasteiger partial charge on any atom is -0.372 e. The van der Waals surface area contributed by atoms with Crippen LogP contribution in [-0.4, -0.2) is 30.6 Å². The Balaban J connectivity index is 1.35. The van der Waals surface area contributed by atoms with E-state index in [9.17, 15) is 9.18 Å². The summed E-state index contributed by atoms with van der Waals surface area (Å²) in [5.41, 5.74) is 3.36. The van der Waals surface area contributed by atoms with Crippen LogP contribution in [0.1, 0.15) is 42.9 Å². The standard InChI is InChI=1S/C22H26FN3O/c23-19-9-7-18(8-10-19)21-4-3-15-26(21)22(27)24-16-17-5-11-20(12-6-17)25-13-1-2-14-25/h5-12,21H,1-4,13-16H2,(H,24,27)/t21-/m1/s1. The first-order valence-corrected chi connectivity index (χ1v) is 9.84. The van der Waals surface area contributed by atoms with Crippen molar-refractivity contribution in [3.63, 3.8) is 0 Å². The molecule has 2 aliphatic rings. The van der Waals surface area contributed by atoms with Crippen molar-refractivity contribution in [3.05, 3.63) is 65.5 Å². The third-order valence-electron chi connectivity index (χ3n) is 5.62. The van der Waals surface area contributed by atoms with Gasteiger partial charge in [0.2, 0.25) is 0 Å². The largest absolute Gasteiger partial charge is 0.372 e. The van der Waals surface area contributed by atoms with Gasteiger partial charge in [-0.1, -0.05) is 24.3 Å². The number of nitrogens with zero attached hydrogens (tertiary/aromatic N) is 2. The normalized spacial score (nSPS) is 19.5. The van der Waals surface area contributed by atoms with Crippen LogP contribution in [0, 0.1) is 5.82 Å². The Morgan fingerprint density at radius 3 is 2.37 bits per heavy atom. The lowest BCUT2D eigenvalue weighted by atomic mass is 10.0. The Morgan fingerprint density at radius 1 is 0.963 bits per heavy atom. The van der Waals surface area contributed by atoms with Crippen LogP contribution in [0.2, 0.25) is 0 Å². The summed E-state index contributed by atoms with van der Waals surface area (Å²) in [7, 11) is 0. The predicted molar refractivity (Wildman–Crippen MR) is 105 cm³/mol. The number of likely N-dealkylation sites (tertiary alicyclic amines) is 1. The first-order valence-electron chi connectivity index (χ1n) is 9.84. The van der Waals surface area contributed by atoms with Gasteiger partial charge in [-0.25, -0.2) is 9.18 Å². The molecule has 2 heterocycles. The summed E-state index contributed by atoms with van der Waals surface area (Å²) >= 11 is 0. The molecule has 0 bridgehead atoms. The van der Waals surface area contributed by atoms with Crippen LogP contribution in [0.15, 0.2) is 48.5 Å². The van der Waals surface area contributed by atoms with Crippen molar-refractivity contribution in [1.82, 2.24) is 10.2 Å². The third kappa shape index (κ3) is 4.07. The Bertz CT molecular complexity index is 769. The number of carbonyl (C=O) groups excluding carboxylic acids is 1. The second-order valence-corrected chi connectivity index (χ2v) is 7.42. The van der Waals surface area contributed by atoms with Crippen molar-refractivity contribution in [2.45, 2.75) is 38.3 Å². The molecular formula is C22H26FN3O. The molecule has 4 nitrogen and oxygen atoms in total. The number of anilines is 1. The zero-order valence-electron chi connectivity index (χ0n) is 15.5. The van der Waals surface area contributed by atoms with E-state index in [0.717, 1.165) is 43.6 Å². The highest BCUT2D eigenvalue weighted by molar-refractivity contribution is 5.75. The van der Waals surface area contributed by atoms with Crippen LogP contribution in [0.3, 0.4) is 0 Å². The van der Waals surface area contributed by atoms with E-state index in [-0.39, 0.29) is 17.9 Å². The number of hydrogen-bond donors (Lipinski definition) is 1. The second kappa shape index (κ2) is 7.99. The van der Waals surface area contributed by atoms with E-state index in [1.54, 1.807) is 12.1 Å². The molecule has 2 amide bonds. The molecule has 1 N–H and O–H groups in total. The van der Waals surface area contributed by atoms with Crippen LogP contribution in [-0.2, 0) is 6.54 Å². The highest BCUT2D eigenvalue weighted by atomic mass is 19.1. The highest BCUT2D eigenvalue weighted by Gasteiger charge is 2.29. The molecular weight excluding hydrogens is 341 g/mol. The number of amides is 2. The molecule has 27 heavy (non-hydrogen) atoms. The van der Waals surface area contributed by atoms with Gasteiger partial charge in [0.1, 0.15) is 5.82 Å². The maximum absolute atomic E-state index is 13.2. The fourth-order valence-corrected chi connectivity index (χ4v) is 4.12. The molecule has 4 rings (SSSR count). The zero-order valence-corrected chi connectivity index (χ0v) is 15.5. The predicted octanol–water partition coefficient (Wildman–Crippen LogP) is 4.47. The summed E-state index contributed by atoms with van der Waals surface area (Å²) in [6, 6.07) is 14.9. The van der Waals surface area contributed by atoms with Crippen molar-refractivity contribution in [2.75, 3.05) is 24.5 Å². The smallest absolute Gasteiger partial charge is 0.318 e. The molecule has 1 atom stereocenters. The Morgan fingerprint density at radius 2 is 1.67 bits per heavy atom. The van der Waals surface area contributed by atoms with Gasteiger partial charge >= 0.3 is 6.03 Å². The fourth-order valence-electron chi connectivity index (χ4n) is 4.12. The van der Waals surface area contributed by atoms with E-state index in [0.29, 0.717) is 6.54 Å². The molecule has 2 aromatic rings. The van der Waals surface area contributed by atoms with Gasteiger partial charge in [-0.15, -0.1) is 0 Å². The van der Waals surface area contributed by atoms with E-state index >= 15 is 0 Å². The van der Waals surface area contributed by atoms with E-state index in [1.807, 2.05) is 4.90 Å². The quantitative estimate of drug-likeness (QED) is 0.865. The van der Waals surface area contributed by atoms with Gasteiger partial charge in [0.05, 0.1) is 6.04 Å². The number of urea groups is 1. The van der Waals surface area contributed by atoms with Crippen LogP contribution in [0.5, 0.6) is 0 Å². The molecule has 0 spiro atoms. The van der Waals surface area contributed by atoms with Gasteiger partial charge in [0.25, 0.3) is 0 Å². The number of rotatable bonds is 4. The molecule has 142 valence electrons. The third-order valence-corrected chi connectivity index (χ3v) is 5.62. The molecule has 5 heteroatoms. The molecule has 2 aromatic carbocycles. The summed E-state index contributed by atoms with van der Waals surface area (Å²) in [6.45, 7) is 3.53. The fraction of sp³-hybridized carbons (Fsp3) is 0.409. The minimum atomic E-state index is -0.245. The molecule has 0 radical (unpaired) electrons. The Hall–Kier alpha value is -2.56. The summed E-state index contributed by atoms with van der Waals surface area (Å²) in [5, 5.41) is 3.04. The van der Waals surface area contributed by atoms with Crippen molar-refractivity contribution < 1.29 is 9.18 Å². The maximum Gasteiger partial charge on any atom is 0.318 e. The molecule has 0 aliphatic carbocycles. The van der Waals surface area contributed by atoms with E-state index < -0.39 is 0 Å². The van der Waals surface area contributed by atoms with E-state index in [1.165, 1.54) is 30.7 Å². The van der Waals surface area contributed by atoms with Crippen molar-refractivity contribution in [2.24, 2.45) is 0 Å². The van der Waals surface area contributed by atoms with Gasteiger partial charge < -0.3 is 15.1 Å². The zero-order chi connectivity index (χ0) is 18.6. The van der Waals surface area contributed by atoms with E-state index in [4.69, 9.17) is 0 Å². The van der Waals surface area contributed by atoms with Gasteiger partial charge in [0.15, 0.2) is 0 Å². The number of carbonyl (C=O) groups is 1. The highest BCUT2D eigenvalue weighted by Crippen LogP contribution is 2.32. The van der Waals surface area contributed by atoms with Crippen molar-refractivity contribution in [3.8, 4) is 0 Å². The monoisotopic (exact) mass is 367 g/mol. The number of nitrogens with one attached hydrogen (secondary N) is 1. The number of halogens is 1. The van der Waals surface area contributed by atoms with E-state index in [2.05, 4.69) is 34.5 Å².